The molecule has 0 heterocycles. The molecule has 0 aliphatic heterocycles. The smallest absolute Gasteiger partial charge is 0.0647 e. The summed E-state index contributed by atoms with van der Waals surface area (Å²) >= 11 is 5.86. The Hall–Kier alpha value is -0.790. The van der Waals surface area contributed by atoms with Crippen LogP contribution in [0.1, 0.15) is 37.7 Å². The van der Waals surface area contributed by atoms with Gasteiger partial charge in [-0.25, -0.2) is 0 Å². The molecule has 0 radical (unpaired) electrons. The molecule has 2 heteroatoms. The van der Waals surface area contributed by atoms with Crippen LogP contribution in [0, 0.1) is 5.92 Å². The number of rotatable bonds is 3. The molecule has 0 amide bonds. The minimum Gasteiger partial charge on any atom is -0.392 e. The quantitative estimate of drug-likeness (QED) is 0.848. The topological polar surface area (TPSA) is 20.2 Å². The highest BCUT2D eigenvalue weighted by molar-refractivity contribution is 6.30. The van der Waals surface area contributed by atoms with Crippen molar-refractivity contribution in [3.8, 4) is 0 Å². The Morgan fingerprint density at radius 2 is 1.82 bits per heavy atom. The highest BCUT2D eigenvalue weighted by Gasteiger charge is 2.16. The Kier molecular flexibility index (Phi) is 4.64. The first kappa shape index (κ1) is 12.7. The highest BCUT2D eigenvalue weighted by atomic mass is 35.5. The van der Waals surface area contributed by atoms with E-state index in [9.17, 15) is 5.11 Å². The lowest BCUT2D eigenvalue weighted by atomic mass is 9.83. The minimum atomic E-state index is 0.174. The van der Waals surface area contributed by atoms with Gasteiger partial charge < -0.3 is 5.11 Å². The lowest BCUT2D eigenvalue weighted by Crippen LogP contribution is -2.11. The fourth-order valence-corrected chi connectivity index (χ4v) is 2.67. The molecule has 0 spiro atoms. The van der Waals surface area contributed by atoms with Gasteiger partial charge in [0, 0.05) is 5.02 Å². The van der Waals surface area contributed by atoms with Crippen LogP contribution in [-0.2, 0) is 0 Å². The van der Waals surface area contributed by atoms with Crippen LogP contribution in [0.25, 0.3) is 6.08 Å². The lowest BCUT2D eigenvalue weighted by molar-refractivity contribution is 0.295. The van der Waals surface area contributed by atoms with Crippen LogP contribution in [0.5, 0.6) is 0 Å². The van der Waals surface area contributed by atoms with E-state index in [0.29, 0.717) is 5.92 Å². The van der Waals surface area contributed by atoms with Crippen molar-refractivity contribution in [3.63, 3.8) is 0 Å². The second-order valence-electron chi connectivity index (χ2n) is 4.76. The summed E-state index contributed by atoms with van der Waals surface area (Å²) in [5, 5.41) is 10.3. The molecule has 1 N–H and O–H groups in total. The van der Waals surface area contributed by atoms with Crippen LogP contribution in [0.4, 0.5) is 0 Å². The number of aliphatic hydroxyl groups is 1. The van der Waals surface area contributed by atoms with Crippen LogP contribution >= 0.6 is 11.6 Å². The molecule has 1 aromatic rings. The average molecular weight is 251 g/mol. The van der Waals surface area contributed by atoms with E-state index in [2.05, 4.69) is 6.08 Å². The Bertz CT molecular complexity index is 374. The fourth-order valence-electron chi connectivity index (χ4n) is 2.54. The standard InChI is InChI=1S/C15H19ClO/c16-15-8-6-12(7-9-15)10-14(11-17)13-4-2-1-3-5-13/h6-10,13,17H,1-5,11H2. The van der Waals surface area contributed by atoms with Crippen LogP contribution in [-0.4, -0.2) is 11.7 Å². The molecular formula is C15H19ClO. The van der Waals surface area contributed by atoms with Gasteiger partial charge in [0.05, 0.1) is 6.61 Å². The first-order valence-electron chi connectivity index (χ1n) is 6.36. The first-order valence-corrected chi connectivity index (χ1v) is 6.74. The van der Waals surface area contributed by atoms with Gasteiger partial charge in [-0.1, -0.05) is 49.1 Å². The Balaban J connectivity index is 2.13. The maximum absolute atomic E-state index is 9.50. The molecule has 17 heavy (non-hydrogen) atoms. The number of benzene rings is 1. The molecule has 1 aliphatic rings. The first-order chi connectivity index (χ1) is 8.29. The summed E-state index contributed by atoms with van der Waals surface area (Å²) in [4.78, 5) is 0. The number of hydrogen-bond donors (Lipinski definition) is 1. The molecule has 1 saturated carbocycles. The molecule has 1 aromatic carbocycles. The van der Waals surface area contributed by atoms with Gasteiger partial charge in [0.15, 0.2) is 0 Å². The van der Waals surface area contributed by atoms with E-state index in [1.807, 2.05) is 24.3 Å². The molecule has 0 saturated heterocycles. The Labute approximate surface area is 108 Å². The van der Waals surface area contributed by atoms with Crippen LogP contribution in [0.3, 0.4) is 0 Å². The van der Waals surface area contributed by atoms with Gasteiger partial charge in [-0.05, 0) is 42.0 Å². The zero-order valence-corrected chi connectivity index (χ0v) is 10.8. The van der Waals surface area contributed by atoms with Crippen molar-refractivity contribution in [2.45, 2.75) is 32.1 Å². The monoisotopic (exact) mass is 250 g/mol. The summed E-state index contributed by atoms with van der Waals surface area (Å²) in [6.45, 7) is 0.174. The van der Waals surface area contributed by atoms with Crippen LogP contribution in [0.15, 0.2) is 29.8 Å². The Morgan fingerprint density at radius 3 is 2.41 bits per heavy atom. The van der Waals surface area contributed by atoms with E-state index < -0.39 is 0 Å². The summed E-state index contributed by atoms with van der Waals surface area (Å²) in [6.07, 6.45) is 8.49. The maximum atomic E-state index is 9.50. The van der Waals surface area contributed by atoms with Crippen LogP contribution < -0.4 is 0 Å². The molecule has 1 nitrogen and oxygen atoms in total. The molecule has 2 rings (SSSR count). The predicted octanol–water partition coefficient (Wildman–Crippen LogP) is 4.30. The molecule has 0 bridgehead atoms. The van der Waals surface area contributed by atoms with Gasteiger partial charge in [-0.15, -0.1) is 0 Å². The SMILES string of the molecule is OCC(=Cc1ccc(Cl)cc1)C1CCCCC1. The minimum absolute atomic E-state index is 0.174. The molecule has 0 aromatic heterocycles. The van der Waals surface area contributed by atoms with E-state index in [-0.39, 0.29) is 6.61 Å². The third kappa shape index (κ3) is 3.58. The van der Waals surface area contributed by atoms with Gasteiger partial charge in [0.2, 0.25) is 0 Å². The number of hydrogen-bond acceptors (Lipinski definition) is 1. The molecule has 1 aliphatic carbocycles. The number of aliphatic hydroxyl groups excluding tert-OH is 1. The van der Waals surface area contributed by atoms with Gasteiger partial charge >= 0.3 is 0 Å². The second kappa shape index (κ2) is 6.23. The van der Waals surface area contributed by atoms with Gasteiger partial charge in [0.1, 0.15) is 0 Å². The van der Waals surface area contributed by atoms with E-state index in [4.69, 9.17) is 11.6 Å². The van der Waals surface area contributed by atoms with E-state index >= 15 is 0 Å². The third-order valence-corrected chi connectivity index (χ3v) is 3.79. The highest BCUT2D eigenvalue weighted by Crippen LogP contribution is 2.30. The summed E-state index contributed by atoms with van der Waals surface area (Å²) in [7, 11) is 0. The zero-order chi connectivity index (χ0) is 12.1. The molecular weight excluding hydrogens is 232 g/mol. The molecule has 0 unspecified atom stereocenters. The third-order valence-electron chi connectivity index (χ3n) is 3.53. The average Bonchev–Trinajstić information content (AvgIpc) is 2.39. The van der Waals surface area contributed by atoms with Crippen molar-refractivity contribution in [3.05, 3.63) is 40.4 Å². The molecule has 92 valence electrons. The summed E-state index contributed by atoms with van der Waals surface area (Å²) in [5.74, 6) is 0.574. The number of halogens is 1. The zero-order valence-electron chi connectivity index (χ0n) is 10.0. The summed E-state index contributed by atoms with van der Waals surface area (Å²) < 4.78 is 0. The molecule has 0 atom stereocenters. The van der Waals surface area contributed by atoms with E-state index in [1.165, 1.54) is 37.7 Å². The fraction of sp³-hybridized carbons (Fsp3) is 0.467. The van der Waals surface area contributed by atoms with Gasteiger partial charge in [0.25, 0.3) is 0 Å². The van der Waals surface area contributed by atoms with E-state index in [1.54, 1.807) is 0 Å². The maximum Gasteiger partial charge on any atom is 0.0647 e. The largest absolute Gasteiger partial charge is 0.392 e. The van der Waals surface area contributed by atoms with Gasteiger partial charge in [-0.2, -0.15) is 0 Å². The normalized spacial score (nSPS) is 18.4. The predicted molar refractivity (Wildman–Crippen MR) is 73.1 cm³/mol. The van der Waals surface area contributed by atoms with Crippen molar-refractivity contribution in [2.75, 3.05) is 6.61 Å². The van der Waals surface area contributed by atoms with E-state index in [0.717, 1.165) is 10.6 Å². The summed E-state index contributed by atoms with van der Waals surface area (Å²) in [5.41, 5.74) is 2.30. The van der Waals surface area contributed by atoms with Crippen molar-refractivity contribution in [1.29, 1.82) is 0 Å². The van der Waals surface area contributed by atoms with Crippen molar-refractivity contribution in [2.24, 2.45) is 5.92 Å². The Morgan fingerprint density at radius 1 is 1.18 bits per heavy atom. The summed E-state index contributed by atoms with van der Waals surface area (Å²) in [6, 6.07) is 7.79. The molecule has 1 fully saturated rings. The van der Waals surface area contributed by atoms with Gasteiger partial charge in [-0.3, -0.25) is 0 Å². The lowest BCUT2D eigenvalue weighted by Gasteiger charge is -2.23. The van der Waals surface area contributed by atoms with Crippen molar-refractivity contribution in [1.82, 2.24) is 0 Å². The van der Waals surface area contributed by atoms with Crippen LogP contribution in [0.2, 0.25) is 5.02 Å². The second-order valence-corrected chi connectivity index (χ2v) is 5.20. The van der Waals surface area contributed by atoms with Crippen molar-refractivity contribution >= 4 is 17.7 Å². The van der Waals surface area contributed by atoms with Crippen molar-refractivity contribution < 1.29 is 5.11 Å².